The van der Waals surface area contributed by atoms with E-state index in [2.05, 4.69) is 32.1 Å². The third kappa shape index (κ3) is 3.28. The van der Waals surface area contributed by atoms with E-state index in [1.807, 2.05) is 37.4 Å². The Bertz CT molecular complexity index is 988. The van der Waals surface area contributed by atoms with Crippen LogP contribution in [0.15, 0.2) is 36.8 Å². The quantitative estimate of drug-likeness (QED) is 0.725. The van der Waals surface area contributed by atoms with Crippen LogP contribution in [0.5, 0.6) is 5.75 Å². The van der Waals surface area contributed by atoms with Gasteiger partial charge in [-0.15, -0.1) is 0 Å². The summed E-state index contributed by atoms with van der Waals surface area (Å²) in [6.07, 6.45) is 5.09. The molecule has 3 aromatic rings. The van der Waals surface area contributed by atoms with Crippen molar-refractivity contribution in [1.82, 2.24) is 15.0 Å². The van der Waals surface area contributed by atoms with E-state index < -0.39 is 5.41 Å². The van der Waals surface area contributed by atoms with Crippen molar-refractivity contribution in [1.29, 1.82) is 0 Å². The summed E-state index contributed by atoms with van der Waals surface area (Å²) in [7, 11) is 1.63. The van der Waals surface area contributed by atoms with Crippen molar-refractivity contribution >= 4 is 28.4 Å². The van der Waals surface area contributed by atoms with E-state index in [1.165, 1.54) is 0 Å². The second-order valence-electron chi connectivity index (χ2n) is 7.62. The van der Waals surface area contributed by atoms with E-state index in [0.717, 1.165) is 59.8 Å². The maximum Gasteiger partial charge on any atom is 0.230 e. The first kappa shape index (κ1) is 18.3. The van der Waals surface area contributed by atoms with Gasteiger partial charge >= 0.3 is 0 Å². The van der Waals surface area contributed by atoms with Gasteiger partial charge in [0.05, 0.1) is 17.9 Å². The van der Waals surface area contributed by atoms with Crippen LogP contribution >= 0.6 is 0 Å². The number of hydrogen-bond donors (Lipinski definition) is 2. The van der Waals surface area contributed by atoms with Gasteiger partial charge in [-0.25, -0.2) is 9.97 Å². The third-order valence-electron chi connectivity index (χ3n) is 5.71. The van der Waals surface area contributed by atoms with Crippen LogP contribution in [0.3, 0.4) is 0 Å². The molecule has 0 bridgehead atoms. The minimum Gasteiger partial charge on any atom is -0.497 e. The van der Waals surface area contributed by atoms with Crippen LogP contribution < -0.4 is 15.0 Å². The second-order valence-corrected chi connectivity index (χ2v) is 7.62. The summed E-state index contributed by atoms with van der Waals surface area (Å²) in [6.45, 7) is 5.66. The first-order valence-corrected chi connectivity index (χ1v) is 9.49. The van der Waals surface area contributed by atoms with Crippen molar-refractivity contribution in [2.45, 2.75) is 26.7 Å². The molecule has 0 atom stereocenters. The van der Waals surface area contributed by atoms with E-state index in [1.54, 1.807) is 13.4 Å². The molecule has 1 aliphatic heterocycles. The van der Waals surface area contributed by atoms with Gasteiger partial charge in [-0.3, -0.25) is 4.79 Å². The highest BCUT2D eigenvalue weighted by Gasteiger charge is 2.37. The van der Waals surface area contributed by atoms with Crippen LogP contribution in [0.1, 0.15) is 25.3 Å². The summed E-state index contributed by atoms with van der Waals surface area (Å²) in [5, 5.41) is 4.11. The number of carbonyl (C=O) groups excluding carboxylic acids is 1. The Labute approximate surface area is 164 Å². The molecule has 1 amide bonds. The molecule has 7 heteroatoms. The van der Waals surface area contributed by atoms with Crippen molar-refractivity contribution < 1.29 is 9.53 Å². The first-order chi connectivity index (χ1) is 13.5. The normalized spacial score (nSPS) is 16.2. The maximum absolute atomic E-state index is 12.9. The molecular weight excluding hydrogens is 354 g/mol. The smallest absolute Gasteiger partial charge is 0.230 e. The van der Waals surface area contributed by atoms with Gasteiger partial charge in [-0.1, -0.05) is 6.92 Å². The summed E-state index contributed by atoms with van der Waals surface area (Å²) in [5.74, 6) is 1.78. The standard InChI is InChI=1S/C21H25N5O2/c1-14-12-22-18-17(14)19(24-13-23-18)26-10-8-21(2,9-11-26)20(27)25-15-4-6-16(28-3)7-5-15/h4-7,12-13H,8-11H2,1-3H3,(H,25,27)(H,22,23,24). The molecule has 1 aliphatic rings. The molecule has 3 heterocycles. The molecule has 0 radical (unpaired) electrons. The number of nitrogens with one attached hydrogen (secondary N) is 2. The number of piperidine rings is 1. The average molecular weight is 379 g/mol. The number of ether oxygens (including phenoxy) is 1. The molecular formula is C21H25N5O2. The van der Waals surface area contributed by atoms with E-state index >= 15 is 0 Å². The lowest BCUT2D eigenvalue weighted by atomic mass is 9.79. The number of carbonyl (C=O) groups is 1. The second kappa shape index (κ2) is 7.14. The number of aryl methyl sites for hydroxylation is 1. The molecule has 146 valence electrons. The Morgan fingerprint density at radius 1 is 1.21 bits per heavy atom. The van der Waals surface area contributed by atoms with Gasteiger partial charge in [0.2, 0.25) is 5.91 Å². The van der Waals surface area contributed by atoms with Crippen LogP contribution in [0.25, 0.3) is 11.0 Å². The minimum atomic E-state index is -0.407. The lowest BCUT2D eigenvalue weighted by Crippen LogP contribution is -2.45. The van der Waals surface area contributed by atoms with Crippen LogP contribution in [0, 0.1) is 12.3 Å². The van der Waals surface area contributed by atoms with Crippen molar-refractivity contribution in [2.24, 2.45) is 5.41 Å². The number of H-pyrrole nitrogens is 1. The zero-order valence-electron chi connectivity index (χ0n) is 16.5. The molecule has 2 aromatic heterocycles. The van der Waals surface area contributed by atoms with E-state index in [4.69, 9.17) is 4.74 Å². The molecule has 4 rings (SSSR count). The number of anilines is 2. The van der Waals surface area contributed by atoms with Crippen molar-refractivity contribution in [3.63, 3.8) is 0 Å². The average Bonchev–Trinajstić information content (AvgIpc) is 3.10. The minimum absolute atomic E-state index is 0.0583. The van der Waals surface area contributed by atoms with Crippen LogP contribution in [-0.4, -0.2) is 41.1 Å². The van der Waals surface area contributed by atoms with Crippen LogP contribution in [0.4, 0.5) is 11.5 Å². The number of amides is 1. The third-order valence-corrected chi connectivity index (χ3v) is 5.71. The predicted molar refractivity (Wildman–Crippen MR) is 110 cm³/mol. The highest BCUT2D eigenvalue weighted by atomic mass is 16.5. The fraction of sp³-hybridized carbons (Fsp3) is 0.381. The lowest BCUT2D eigenvalue weighted by Gasteiger charge is -2.39. The van der Waals surface area contributed by atoms with Crippen molar-refractivity contribution in [2.75, 3.05) is 30.4 Å². The Kier molecular flexibility index (Phi) is 4.66. The highest BCUT2D eigenvalue weighted by molar-refractivity contribution is 5.95. The number of hydrogen-bond acceptors (Lipinski definition) is 5. The summed E-state index contributed by atoms with van der Waals surface area (Å²) >= 11 is 0. The van der Waals surface area contributed by atoms with Crippen LogP contribution in [0.2, 0.25) is 0 Å². The van der Waals surface area contributed by atoms with Crippen LogP contribution in [-0.2, 0) is 4.79 Å². The Morgan fingerprint density at radius 3 is 2.61 bits per heavy atom. The predicted octanol–water partition coefficient (Wildman–Crippen LogP) is 3.52. The number of nitrogens with zero attached hydrogens (tertiary/aromatic N) is 3. The van der Waals surface area contributed by atoms with Gasteiger partial charge in [0, 0.05) is 25.0 Å². The first-order valence-electron chi connectivity index (χ1n) is 9.49. The number of benzene rings is 1. The van der Waals surface area contributed by atoms with Gasteiger partial charge < -0.3 is 19.9 Å². The Balaban J connectivity index is 1.46. The molecule has 1 aromatic carbocycles. The molecule has 0 saturated carbocycles. The summed E-state index contributed by atoms with van der Waals surface area (Å²) < 4.78 is 5.17. The SMILES string of the molecule is COc1ccc(NC(=O)C2(C)CCN(c3ncnc4[nH]cc(C)c34)CC2)cc1. The van der Waals surface area contributed by atoms with Crippen molar-refractivity contribution in [3.8, 4) is 5.75 Å². The number of aromatic nitrogens is 3. The molecule has 0 aliphatic carbocycles. The highest BCUT2D eigenvalue weighted by Crippen LogP contribution is 2.36. The lowest BCUT2D eigenvalue weighted by molar-refractivity contribution is -0.125. The number of fused-ring (bicyclic) bond motifs is 1. The summed E-state index contributed by atoms with van der Waals surface area (Å²) in [6, 6.07) is 7.42. The number of methoxy groups -OCH3 is 1. The van der Waals surface area contributed by atoms with Gasteiger partial charge in [-0.2, -0.15) is 0 Å². The number of rotatable bonds is 4. The maximum atomic E-state index is 12.9. The zero-order chi connectivity index (χ0) is 19.7. The topological polar surface area (TPSA) is 83.1 Å². The fourth-order valence-electron chi connectivity index (χ4n) is 3.73. The van der Waals surface area contributed by atoms with Crippen molar-refractivity contribution in [3.05, 3.63) is 42.4 Å². The molecule has 0 unspecified atom stereocenters. The van der Waals surface area contributed by atoms with Gasteiger partial charge in [0.1, 0.15) is 23.5 Å². The van der Waals surface area contributed by atoms with E-state index in [9.17, 15) is 4.79 Å². The monoisotopic (exact) mass is 379 g/mol. The number of aromatic amines is 1. The Hall–Kier alpha value is -3.09. The van der Waals surface area contributed by atoms with E-state index in [-0.39, 0.29) is 5.91 Å². The Morgan fingerprint density at radius 2 is 1.93 bits per heavy atom. The van der Waals surface area contributed by atoms with Gasteiger partial charge in [0.25, 0.3) is 0 Å². The largest absolute Gasteiger partial charge is 0.497 e. The molecule has 28 heavy (non-hydrogen) atoms. The molecule has 7 nitrogen and oxygen atoms in total. The fourth-order valence-corrected chi connectivity index (χ4v) is 3.73. The van der Waals surface area contributed by atoms with Gasteiger partial charge in [0.15, 0.2) is 0 Å². The zero-order valence-corrected chi connectivity index (χ0v) is 16.5. The summed E-state index contributed by atoms with van der Waals surface area (Å²) in [4.78, 5) is 27.2. The van der Waals surface area contributed by atoms with E-state index in [0.29, 0.717) is 0 Å². The van der Waals surface area contributed by atoms with Gasteiger partial charge in [-0.05, 0) is 49.6 Å². The summed E-state index contributed by atoms with van der Waals surface area (Å²) in [5.41, 5.74) is 2.37. The molecule has 1 fully saturated rings. The molecule has 1 saturated heterocycles. The molecule has 2 N–H and O–H groups in total. The molecule has 0 spiro atoms.